The molecule has 0 bridgehead atoms. The highest BCUT2D eigenvalue weighted by Crippen LogP contribution is 2.23. The standard InChI is InChI=1S/C16H23NO2/c1-12-6-8-14(9-7-12)17-16(18)11-13-4-3-5-15(10-13)19-2/h3-5,10,12,14H,6-9,11H2,1-2H3,(H,17,18). The number of carbonyl (C=O) groups is 1. The number of hydrogen-bond acceptors (Lipinski definition) is 2. The first-order valence-electron chi connectivity index (χ1n) is 7.09. The molecule has 3 nitrogen and oxygen atoms in total. The molecule has 1 aromatic rings. The van der Waals surface area contributed by atoms with Gasteiger partial charge in [0.15, 0.2) is 0 Å². The zero-order valence-electron chi connectivity index (χ0n) is 11.8. The Morgan fingerprint density at radius 2 is 2.05 bits per heavy atom. The zero-order valence-corrected chi connectivity index (χ0v) is 11.8. The summed E-state index contributed by atoms with van der Waals surface area (Å²) in [5.41, 5.74) is 1.00. The Kier molecular flexibility index (Phi) is 4.83. The third-order valence-electron chi connectivity index (χ3n) is 3.88. The summed E-state index contributed by atoms with van der Waals surface area (Å²) in [7, 11) is 1.64. The molecule has 0 atom stereocenters. The molecule has 1 amide bonds. The minimum absolute atomic E-state index is 0.118. The summed E-state index contributed by atoms with van der Waals surface area (Å²) in [5.74, 6) is 1.73. The van der Waals surface area contributed by atoms with Crippen LogP contribution < -0.4 is 10.1 Å². The Morgan fingerprint density at radius 1 is 1.32 bits per heavy atom. The minimum atomic E-state index is 0.118. The Hall–Kier alpha value is -1.51. The van der Waals surface area contributed by atoms with Gasteiger partial charge in [-0.15, -0.1) is 0 Å². The molecule has 1 fully saturated rings. The first-order valence-corrected chi connectivity index (χ1v) is 7.09. The normalized spacial score (nSPS) is 22.8. The van der Waals surface area contributed by atoms with Gasteiger partial charge in [-0.05, 0) is 49.3 Å². The molecule has 0 radical (unpaired) electrons. The van der Waals surface area contributed by atoms with Crippen molar-refractivity contribution < 1.29 is 9.53 Å². The van der Waals surface area contributed by atoms with Crippen LogP contribution in [0.25, 0.3) is 0 Å². The fraction of sp³-hybridized carbons (Fsp3) is 0.562. The second kappa shape index (κ2) is 6.60. The van der Waals surface area contributed by atoms with Crippen LogP contribution in [0.1, 0.15) is 38.2 Å². The maximum absolute atomic E-state index is 12.0. The van der Waals surface area contributed by atoms with E-state index in [2.05, 4.69) is 12.2 Å². The molecule has 104 valence electrons. The van der Waals surface area contributed by atoms with Gasteiger partial charge in [0.05, 0.1) is 13.5 Å². The molecule has 19 heavy (non-hydrogen) atoms. The monoisotopic (exact) mass is 261 g/mol. The Morgan fingerprint density at radius 3 is 2.74 bits per heavy atom. The predicted molar refractivity (Wildman–Crippen MR) is 76.3 cm³/mol. The fourth-order valence-electron chi connectivity index (χ4n) is 2.65. The molecule has 0 unspecified atom stereocenters. The molecule has 1 saturated carbocycles. The smallest absolute Gasteiger partial charge is 0.224 e. The van der Waals surface area contributed by atoms with Crippen molar-refractivity contribution >= 4 is 5.91 Å². The summed E-state index contributed by atoms with van der Waals surface area (Å²) < 4.78 is 5.17. The molecule has 1 aliphatic carbocycles. The third-order valence-corrected chi connectivity index (χ3v) is 3.88. The number of methoxy groups -OCH3 is 1. The molecule has 0 spiro atoms. The van der Waals surface area contributed by atoms with Crippen molar-refractivity contribution in [2.45, 2.75) is 45.1 Å². The fourth-order valence-corrected chi connectivity index (χ4v) is 2.65. The largest absolute Gasteiger partial charge is 0.497 e. The van der Waals surface area contributed by atoms with Crippen LogP contribution in [0.15, 0.2) is 24.3 Å². The van der Waals surface area contributed by atoms with Gasteiger partial charge in [-0.25, -0.2) is 0 Å². The van der Waals surface area contributed by atoms with Crippen LogP contribution in [0.4, 0.5) is 0 Å². The second-order valence-corrected chi connectivity index (χ2v) is 5.55. The lowest BCUT2D eigenvalue weighted by atomic mass is 9.87. The Bertz CT molecular complexity index is 423. The summed E-state index contributed by atoms with van der Waals surface area (Å²) >= 11 is 0. The zero-order chi connectivity index (χ0) is 13.7. The number of hydrogen-bond donors (Lipinski definition) is 1. The van der Waals surface area contributed by atoms with Crippen LogP contribution in [0, 0.1) is 5.92 Å². The molecule has 0 saturated heterocycles. The lowest BCUT2D eigenvalue weighted by molar-refractivity contribution is -0.121. The highest BCUT2D eigenvalue weighted by atomic mass is 16.5. The summed E-state index contributed by atoms with van der Waals surface area (Å²) in [6.45, 7) is 2.29. The van der Waals surface area contributed by atoms with Gasteiger partial charge in [-0.1, -0.05) is 19.1 Å². The molecular formula is C16H23NO2. The molecule has 2 rings (SSSR count). The van der Waals surface area contributed by atoms with E-state index in [0.29, 0.717) is 12.5 Å². The summed E-state index contributed by atoms with van der Waals surface area (Å²) in [4.78, 5) is 12.0. The van der Waals surface area contributed by atoms with Gasteiger partial charge in [0.25, 0.3) is 0 Å². The number of carbonyl (C=O) groups excluding carboxylic acids is 1. The van der Waals surface area contributed by atoms with Crippen molar-refractivity contribution in [3.63, 3.8) is 0 Å². The molecule has 1 N–H and O–H groups in total. The third kappa shape index (κ3) is 4.27. The molecule has 0 aromatic heterocycles. The van der Waals surface area contributed by atoms with Gasteiger partial charge >= 0.3 is 0 Å². The second-order valence-electron chi connectivity index (χ2n) is 5.55. The first kappa shape index (κ1) is 13.9. The molecule has 0 aliphatic heterocycles. The van der Waals surface area contributed by atoms with E-state index >= 15 is 0 Å². The number of nitrogens with one attached hydrogen (secondary N) is 1. The van der Waals surface area contributed by atoms with Crippen LogP contribution in [-0.2, 0) is 11.2 Å². The van der Waals surface area contributed by atoms with E-state index in [1.807, 2.05) is 24.3 Å². The van der Waals surface area contributed by atoms with E-state index in [1.54, 1.807) is 7.11 Å². The average Bonchev–Trinajstić information content (AvgIpc) is 2.41. The topological polar surface area (TPSA) is 38.3 Å². The van der Waals surface area contributed by atoms with Crippen molar-refractivity contribution in [1.29, 1.82) is 0 Å². The summed E-state index contributed by atoms with van der Waals surface area (Å²) in [6, 6.07) is 8.07. The van der Waals surface area contributed by atoms with E-state index in [0.717, 1.165) is 30.1 Å². The molecular weight excluding hydrogens is 238 g/mol. The van der Waals surface area contributed by atoms with E-state index < -0.39 is 0 Å². The minimum Gasteiger partial charge on any atom is -0.497 e. The van der Waals surface area contributed by atoms with E-state index in [4.69, 9.17) is 4.74 Å². The van der Waals surface area contributed by atoms with Crippen molar-refractivity contribution in [2.24, 2.45) is 5.92 Å². The van der Waals surface area contributed by atoms with Gasteiger partial charge in [0.2, 0.25) is 5.91 Å². The summed E-state index contributed by atoms with van der Waals surface area (Å²) in [6.07, 6.45) is 5.12. The van der Waals surface area contributed by atoms with Crippen LogP contribution in [-0.4, -0.2) is 19.1 Å². The maximum atomic E-state index is 12.0. The van der Waals surface area contributed by atoms with Gasteiger partial charge in [-0.2, -0.15) is 0 Å². The average molecular weight is 261 g/mol. The first-order chi connectivity index (χ1) is 9.17. The lowest BCUT2D eigenvalue weighted by Crippen LogP contribution is -2.38. The number of ether oxygens (including phenoxy) is 1. The van der Waals surface area contributed by atoms with Gasteiger partial charge in [-0.3, -0.25) is 4.79 Å². The summed E-state index contributed by atoms with van der Waals surface area (Å²) in [5, 5.41) is 3.15. The van der Waals surface area contributed by atoms with E-state index in [-0.39, 0.29) is 5.91 Å². The van der Waals surface area contributed by atoms with Crippen molar-refractivity contribution in [1.82, 2.24) is 5.32 Å². The molecule has 3 heteroatoms. The van der Waals surface area contributed by atoms with Crippen LogP contribution in [0.3, 0.4) is 0 Å². The van der Waals surface area contributed by atoms with Crippen molar-refractivity contribution in [2.75, 3.05) is 7.11 Å². The molecule has 1 aliphatic rings. The van der Waals surface area contributed by atoms with Crippen LogP contribution in [0.5, 0.6) is 5.75 Å². The molecule has 1 aromatic carbocycles. The van der Waals surface area contributed by atoms with Gasteiger partial charge in [0, 0.05) is 6.04 Å². The Labute approximate surface area is 115 Å². The highest BCUT2D eigenvalue weighted by Gasteiger charge is 2.19. The van der Waals surface area contributed by atoms with Crippen molar-refractivity contribution in [3.05, 3.63) is 29.8 Å². The van der Waals surface area contributed by atoms with E-state index in [9.17, 15) is 4.79 Å². The van der Waals surface area contributed by atoms with Gasteiger partial charge < -0.3 is 10.1 Å². The SMILES string of the molecule is COc1cccc(CC(=O)NC2CCC(C)CC2)c1. The maximum Gasteiger partial charge on any atom is 0.224 e. The molecule has 0 heterocycles. The van der Waals surface area contributed by atoms with Crippen LogP contribution >= 0.6 is 0 Å². The van der Waals surface area contributed by atoms with Crippen LogP contribution in [0.2, 0.25) is 0 Å². The van der Waals surface area contributed by atoms with Gasteiger partial charge in [0.1, 0.15) is 5.75 Å². The highest BCUT2D eigenvalue weighted by molar-refractivity contribution is 5.79. The quantitative estimate of drug-likeness (QED) is 0.905. The number of rotatable bonds is 4. The Balaban J connectivity index is 1.83. The number of amides is 1. The lowest BCUT2D eigenvalue weighted by Gasteiger charge is -2.26. The van der Waals surface area contributed by atoms with E-state index in [1.165, 1.54) is 12.8 Å². The van der Waals surface area contributed by atoms with Crippen molar-refractivity contribution in [3.8, 4) is 5.75 Å². The number of benzene rings is 1. The predicted octanol–water partition coefficient (Wildman–Crippen LogP) is 2.93.